The highest BCUT2D eigenvalue weighted by molar-refractivity contribution is 6.21. The first kappa shape index (κ1) is 10.3. The number of hydrogen-bond donors (Lipinski definition) is 0. The molecule has 1 aliphatic rings. The zero-order valence-corrected chi connectivity index (χ0v) is 8.51. The molecule has 0 spiro atoms. The zero-order valence-electron chi connectivity index (χ0n) is 7.75. The standard InChI is InChI=1S/C9H17ClO2/c1-7(2)11-3-4-12-9-5-8(10)6-9/h7-9H,3-6H2,1-2H3. The molecule has 1 fully saturated rings. The Bertz CT molecular complexity index is 122. The fraction of sp³-hybridized carbons (Fsp3) is 1.00. The first-order chi connectivity index (χ1) is 5.68. The summed E-state index contributed by atoms with van der Waals surface area (Å²) in [7, 11) is 0. The smallest absolute Gasteiger partial charge is 0.0704 e. The van der Waals surface area contributed by atoms with E-state index in [1.165, 1.54) is 0 Å². The summed E-state index contributed by atoms with van der Waals surface area (Å²) in [6, 6.07) is 0. The highest BCUT2D eigenvalue weighted by atomic mass is 35.5. The van der Waals surface area contributed by atoms with Gasteiger partial charge < -0.3 is 9.47 Å². The van der Waals surface area contributed by atoms with E-state index < -0.39 is 0 Å². The molecule has 1 rings (SSSR count). The molecule has 1 saturated carbocycles. The first-order valence-electron chi connectivity index (χ1n) is 4.55. The molecule has 1 aliphatic carbocycles. The van der Waals surface area contributed by atoms with Gasteiger partial charge in [-0.05, 0) is 26.7 Å². The van der Waals surface area contributed by atoms with Crippen LogP contribution in [0.3, 0.4) is 0 Å². The van der Waals surface area contributed by atoms with E-state index in [-0.39, 0.29) is 0 Å². The van der Waals surface area contributed by atoms with Gasteiger partial charge in [0.1, 0.15) is 0 Å². The predicted molar refractivity (Wildman–Crippen MR) is 49.7 cm³/mol. The second-order valence-electron chi connectivity index (χ2n) is 3.48. The fourth-order valence-electron chi connectivity index (χ4n) is 1.14. The average Bonchev–Trinajstić information content (AvgIpc) is 1.93. The summed E-state index contributed by atoms with van der Waals surface area (Å²) in [4.78, 5) is 0. The van der Waals surface area contributed by atoms with Gasteiger partial charge in [-0.15, -0.1) is 11.6 Å². The van der Waals surface area contributed by atoms with Crippen LogP contribution in [0.5, 0.6) is 0 Å². The summed E-state index contributed by atoms with van der Waals surface area (Å²) in [5, 5.41) is 0.348. The second-order valence-corrected chi connectivity index (χ2v) is 4.10. The van der Waals surface area contributed by atoms with Gasteiger partial charge in [0, 0.05) is 5.38 Å². The van der Waals surface area contributed by atoms with Gasteiger partial charge in [-0.25, -0.2) is 0 Å². The van der Waals surface area contributed by atoms with Crippen LogP contribution >= 0.6 is 11.6 Å². The van der Waals surface area contributed by atoms with Crippen LogP contribution < -0.4 is 0 Å². The van der Waals surface area contributed by atoms with Crippen LogP contribution in [0.1, 0.15) is 26.7 Å². The molecule has 0 bridgehead atoms. The number of ether oxygens (including phenoxy) is 2. The van der Waals surface area contributed by atoms with Crippen LogP contribution in [-0.4, -0.2) is 30.8 Å². The van der Waals surface area contributed by atoms with E-state index in [0.29, 0.717) is 30.8 Å². The summed E-state index contributed by atoms with van der Waals surface area (Å²) in [6.07, 6.45) is 2.70. The quantitative estimate of drug-likeness (QED) is 0.491. The molecule has 72 valence electrons. The number of halogens is 1. The van der Waals surface area contributed by atoms with Gasteiger partial charge in [-0.2, -0.15) is 0 Å². The fourth-order valence-corrected chi connectivity index (χ4v) is 1.53. The molecule has 0 heterocycles. The summed E-state index contributed by atoms with van der Waals surface area (Å²) >= 11 is 5.80. The van der Waals surface area contributed by atoms with Crippen molar-refractivity contribution in [3.63, 3.8) is 0 Å². The maximum absolute atomic E-state index is 5.80. The molecular weight excluding hydrogens is 176 g/mol. The van der Waals surface area contributed by atoms with Gasteiger partial charge in [0.25, 0.3) is 0 Å². The summed E-state index contributed by atoms with van der Waals surface area (Å²) < 4.78 is 10.8. The minimum atomic E-state index is 0.302. The predicted octanol–water partition coefficient (Wildman–Crippen LogP) is 2.20. The third-order valence-corrected chi connectivity index (χ3v) is 2.28. The molecule has 0 aromatic heterocycles. The molecule has 0 atom stereocenters. The minimum absolute atomic E-state index is 0.302. The summed E-state index contributed by atoms with van der Waals surface area (Å²) in [5.74, 6) is 0. The molecule has 2 nitrogen and oxygen atoms in total. The van der Waals surface area contributed by atoms with Crippen LogP contribution in [-0.2, 0) is 9.47 Å². The SMILES string of the molecule is CC(C)OCCOC1CC(Cl)C1. The lowest BCUT2D eigenvalue weighted by molar-refractivity contribution is -0.0380. The molecule has 0 aromatic carbocycles. The van der Waals surface area contributed by atoms with Crippen molar-refractivity contribution in [2.45, 2.75) is 44.3 Å². The lowest BCUT2D eigenvalue weighted by atomic mass is 9.95. The number of hydrogen-bond acceptors (Lipinski definition) is 2. The molecular formula is C9H17ClO2. The van der Waals surface area contributed by atoms with Crippen LogP contribution in [0.4, 0.5) is 0 Å². The molecule has 0 radical (unpaired) electrons. The monoisotopic (exact) mass is 192 g/mol. The highest BCUT2D eigenvalue weighted by Crippen LogP contribution is 2.27. The molecule has 0 aromatic rings. The Labute approximate surface area is 79.2 Å². The van der Waals surface area contributed by atoms with Gasteiger partial charge in [-0.1, -0.05) is 0 Å². The molecule has 0 saturated heterocycles. The van der Waals surface area contributed by atoms with Gasteiger partial charge in [0.2, 0.25) is 0 Å². The number of rotatable bonds is 5. The normalized spacial score (nSPS) is 29.0. The van der Waals surface area contributed by atoms with Gasteiger partial charge in [0.15, 0.2) is 0 Å². The van der Waals surface area contributed by atoms with E-state index >= 15 is 0 Å². The van der Waals surface area contributed by atoms with Crippen molar-refractivity contribution in [2.75, 3.05) is 13.2 Å². The van der Waals surface area contributed by atoms with Crippen LogP contribution in [0.2, 0.25) is 0 Å². The highest BCUT2D eigenvalue weighted by Gasteiger charge is 2.27. The molecule has 0 N–H and O–H groups in total. The topological polar surface area (TPSA) is 18.5 Å². The van der Waals surface area contributed by atoms with Gasteiger partial charge in [0.05, 0.1) is 25.4 Å². The van der Waals surface area contributed by atoms with Crippen LogP contribution in [0.25, 0.3) is 0 Å². The van der Waals surface area contributed by atoms with E-state index in [9.17, 15) is 0 Å². The second kappa shape index (κ2) is 5.05. The summed E-state index contributed by atoms with van der Waals surface area (Å²) in [6.45, 7) is 5.45. The molecule has 0 aliphatic heterocycles. The lowest BCUT2D eigenvalue weighted by Gasteiger charge is -2.30. The molecule has 0 amide bonds. The number of alkyl halides is 1. The third-order valence-electron chi connectivity index (χ3n) is 1.93. The Hall–Kier alpha value is 0.210. The Morgan fingerprint density at radius 3 is 2.50 bits per heavy atom. The minimum Gasteiger partial charge on any atom is -0.376 e. The maximum Gasteiger partial charge on any atom is 0.0704 e. The average molecular weight is 193 g/mol. The Kier molecular flexibility index (Phi) is 4.33. The van der Waals surface area contributed by atoms with E-state index in [2.05, 4.69) is 0 Å². The van der Waals surface area contributed by atoms with Crippen molar-refractivity contribution in [3.05, 3.63) is 0 Å². The van der Waals surface area contributed by atoms with Crippen molar-refractivity contribution in [1.29, 1.82) is 0 Å². The van der Waals surface area contributed by atoms with Gasteiger partial charge in [-0.3, -0.25) is 0 Å². The zero-order chi connectivity index (χ0) is 8.97. The Balaban J connectivity index is 1.83. The molecule has 12 heavy (non-hydrogen) atoms. The largest absolute Gasteiger partial charge is 0.376 e. The van der Waals surface area contributed by atoms with Gasteiger partial charge >= 0.3 is 0 Å². The molecule has 3 heteroatoms. The molecule has 0 unspecified atom stereocenters. The van der Waals surface area contributed by atoms with E-state index in [1.807, 2.05) is 13.8 Å². The van der Waals surface area contributed by atoms with Crippen LogP contribution in [0, 0.1) is 0 Å². The third kappa shape index (κ3) is 3.74. The first-order valence-corrected chi connectivity index (χ1v) is 4.99. The Morgan fingerprint density at radius 2 is 2.00 bits per heavy atom. The maximum atomic E-state index is 5.80. The van der Waals surface area contributed by atoms with E-state index in [0.717, 1.165) is 12.8 Å². The van der Waals surface area contributed by atoms with Crippen molar-refractivity contribution in [3.8, 4) is 0 Å². The van der Waals surface area contributed by atoms with Crippen molar-refractivity contribution >= 4 is 11.6 Å². The van der Waals surface area contributed by atoms with Crippen molar-refractivity contribution < 1.29 is 9.47 Å². The Morgan fingerprint density at radius 1 is 1.33 bits per heavy atom. The van der Waals surface area contributed by atoms with E-state index in [4.69, 9.17) is 21.1 Å². The lowest BCUT2D eigenvalue weighted by Crippen LogP contribution is -2.32. The van der Waals surface area contributed by atoms with E-state index in [1.54, 1.807) is 0 Å². The van der Waals surface area contributed by atoms with Crippen LogP contribution in [0.15, 0.2) is 0 Å². The van der Waals surface area contributed by atoms with Crippen molar-refractivity contribution in [1.82, 2.24) is 0 Å². The summed E-state index contributed by atoms with van der Waals surface area (Å²) in [5.41, 5.74) is 0. The van der Waals surface area contributed by atoms with Crippen molar-refractivity contribution in [2.24, 2.45) is 0 Å².